The molecule has 0 unspecified atom stereocenters. The Labute approximate surface area is 149 Å². The molecule has 1 heterocycles. The fourth-order valence-corrected chi connectivity index (χ4v) is 2.51. The van der Waals surface area contributed by atoms with Gasteiger partial charge in [-0.2, -0.15) is 4.98 Å². The normalized spacial score (nSPS) is 11.2. The molecule has 2 N–H and O–H groups in total. The minimum absolute atomic E-state index is 0.116. The Morgan fingerprint density at radius 1 is 0.840 bits per heavy atom. The van der Waals surface area contributed by atoms with Crippen molar-refractivity contribution < 1.29 is 0 Å². The van der Waals surface area contributed by atoms with Crippen molar-refractivity contribution in [2.24, 2.45) is 0 Å². The van der Waals surface area contributed by atoms with Gasteiger partial charge in [-0.3, -0.25) is 0 Å². The van der Waals surface area contributed by atoms with Crippen LogP contribution < -0.4 is 10.6 Å². The lowest BCUT2D eigenvalue weighted by atomic mass is 10.1. The van der Waals surface area contributed by atoms with Crippen LogP contribution in [0.5, 0.6) is 0 Å². The van der Waals surface area contributed by atoms with Crippen molar-refractivity contribution in [3.8, 4) is 11.3 Å². The molecule has 0 saturated heterocycles. The maximum absolute atomic E-state index is 4.69. The van der Waals surface area contributed by atoms with Crippen molar-refractivity contribution in [2.45, 2.75) is 33.2 Å². The summed E-state index contributed by atoms with van der Waals surface area (Å²) in [5.41, 5.74) is 4.05. The van der Waals surface area contributed by atoms with E-state index in [2.05, 4.69) is 67.6 Å². The highest BCUT2D eigenvalue weighted by atomic mass is 15.2. The topological polar surface area (TPSA) is 49.8 Å². The van der Waals surface area contributed by atoms with Crippen LogP contribution in [0.15, 0.2) is 60.7 Å². The highest BCUT2D eigenvalue weighted by Gasteiger charge is 2.14. The van der Waals surface area contributed by atoms with Crippen LogP contribution in [0.25, 0.3) is 11.3 Å². The highest BCUT2D eigenvalue weighted by molar-refractivity contribution is 5.68. The lowest BCUT2D eigenvalue weighted by Crippen LogP contribution is -2.27. The SMILES string of the molecule is Cc1ccccc1Nc1cc(-c2ccccc2)nc(NC(C)(C)C)n1. The van der Waals surface area contributed by atoms with Crippen molar-refractivity contribution in [2.75, 3.05) is 10.6 Å². The summed E-state index contributed by atoms with van der Waals surface area (Å²) in [5.74, 6) is 1.39. The Bertz CT molecular complexity index is 851. The minimum Gasteiger partial charge on any atom is -0.350 e. The van der Waals surface area contributed by atoms with Crippen LogP contribution in [0, 0.1) is 6.92 Å². The Balaban J connectivity index is 2.02. The molecular weight excluding hydrogens is 308 g/mol. The van der Waals surface area contributed by atoms with Gasteiger partial charge in [0.25, 0.3) is 0 Å². The van der Waals surface area contributed by atoms with Crippen LogP contribution in [-0.4, -0.2) is 15.5 Å². The predicted molar refractivity (Wildman–Crippen MR) is 105 cm³/mol. The van der Waals surface area contributed by atoms with Gasteiger partial charge in [-0.1, -0.05) is 48.5 Å². The first-order valence-electron chi connectivity index (χ1n) is 8.46. The molecule has 0 saturated carbocycles. The molecule has 0 bridgehead atoms. The van der Waals surface area contributed by atoms with Crippen LogP contribution in [0.1, 0.15) is 26.3 Å². The fourth-order valence-electron chi connectivity index (χ4n) is 2.51. The predicted octanol–water partition coefficient (Wildman–Crippen LogP) is 5.41. The van der Waals surface area contributed by atoms with E-state index in [1.165, 1.54) is 5.56 Å². The summed E-state index contributed by atoms with van der Waals surface area (Å²) >= 11 is 0. The van der Waals surface area contributed by atoms with E-state index in [0.717, 1.165) is 22.8 Å². The van der Waals surface area contributed by atoms with Crippen molar-refractivity contribution >= 4 is 17.5 Å². The fraction of sp³-hybridized carbons (Fsp3) is 0.238. The second kappa shape index (κ2) is 6.93. The van der Waals surface area contributed by atoms with E-state index in [9.17, 15) is 0 Å². The summed E-state index contributed by atoms with van der Waals surface area (Å²) < 4.78 is 0. The molecule has 0 aliphatic carbocycles. The van der Waals surface area contributed by atoms with Crippen LogP contribution in [0.4, 0.5) is 17.5 Å². The third-order valence-electron chi connectivity index (χ3n) is 3.69. The van der Waals surface area contributed by atoms with Gasteiger partial charge < -0.3 is 10.6 Å². The van der Waals surface area contributed by atoms with E-state index in [1.807, 2.05) is 36.4 Å². The molecule has 25 heavy (non-hydrogen) atoms. The van der Waals surface area contributed by atoms with Gasteiger partial charge in [0, 0.05) is 22.9 Å². The van der Waals surface area contributed by atoms with Gasteiger partial charge in [0.2, 0.25) is 5.95 Å². The van der Waals surface area contributed by atoms with Crippen LogP contribution >= 0.6 is 0 Å². The third kappa shape index (κ3) is 4.57. The zero-order valence-electron chi connectivity index (χ0n) is 15.2. The average Bonchev–Trinajstić information content (AvgIpc) is 2.56. The number of benzene rings is 2. The second-order valence-electron chi connectivity index (χ2n) is 7.14. The Hall–Kier alpha value is -2.88. The van der Waals surface area contributed by atoms with E-state index in [4.69, 9.17) is 4.98 Å². The lowest BCUT2D eigenvalue weighted by Gasteiger charge is -2.21. The van der Waals surface area contributed by atoms with E-state index >= 15 is 0 Å². The number of para-hydroxylation sites is 1. The molecule has 2 aromatic carbocycles. The highest BCUT2D eigenvalue weighted by Crippen LogP contribution is 2.25. The maximum Gasteiger partial charge on any atom is 0.225 e. The molecule has 4 nitrogen and oxygen atoms in total. The van der Waals surface area contributed by atoms with Crippen LogP contribution in [0.2, 0.25) is 0 Å². The number of aryl methyl sites for hydroxylation is 1. The number of hydrogen-bond donors (Lipinski definition) is 2. The quantitative estimate of drug-likeness (QED) is 0.671. The largest absolute Gasteiger partial charge is 0.350 e. The van der Waals surface area contributed by atoms with E-state index < -0.39 is 0 Å². The van der Waals surface area contributed by atoms with E-state index in [1.54, 1.807) is 0 Å². The van der Waals surface area contributed by atoms with Gasteiger partial charge >= 0.3 is 0 Å². The molecule has 0 fully saturated rings. The number of nitrogens with one attached hydrogen (secondary N) is 2. The zero-order chi connectivity index (χ0) is 17.9. The molecular formula is C21H24N4. The summed E-state index contributed by atoms with van der Waals surface area (Å²) in [5, 5.41) is 6.79. The first-order valence-corrected chi connectivity index (χ1v) is 8.46. The van der Waals surface area contributed by atoms with Gasteiger partial charge in [-0.25, -0.2) is 4.98 Å². The zero-order valence-corrected chi connectivity index (χ0v) is 15.2. The van der Waals surface area contributed by atoms with Crippen LogP contribution in [-0.2, 0) is 0 Å². The van der Waals surface area contributed by atoms with Crippen molar-refractivity contribution in [3.05, 3.63) is 66.2 Å². The Morgan fingerprint density at radius 3 is 2.20 bits per heavy atom. The molecule has 4 heteroatoms. The monoisotopic (exact) mass is 332 g/mol. The molecule has 0 aliphatic heterocycles. The molecule has 3 rings (SSSR count). The summed E-state index contributed by atoms with van der Waals surface area (Å²) in [6.45, 7) is 8.37. The van der Waals surface area contributed by atoms with Crippen molar-refractivity contribution in [1.29, 1.82) is 0 Å². The Morgan fingerprint density at radius 2 is 1.52 bits per heavy atom. The smallest absolute Gasteiger partial charge is 0.225 e. The van der Waals surface area contributed by atoms with Gasteiger partial charge in [0.1, 0.15) is 5.82 Å². The standard InChI is InChI=1S/C21H24N4/c1-15-10-8-9-13-17(15)22-19-14-18(16-11-6-5-7-12-16)23-20(24-19)25-21(2,3)4/h5-14H,1-4H3,(H2,22,23,24,25). The second-order valence-corrected chi connectivity index (χ2v) is 7.14. The number of nitrogens with zero attached hydrogens (tertiary/aromatic N) is 2. The summed E-state index contributed by atoms with van der Waals surface area (Å²) in [6, 6.07) is 20.3. The first kappa shape index (κ1) is 17.0. The summed E-state index contributed by atoms with van der Waals surface area (Å²) in [7, 11) is 0. The number of rotatable bonds is 4. The Kier molecular flexibility index (Phi) is 4.70. The van der Waals surface area contributed by atoms with Crippen molar-refractivity contribution in [3.63, 3.8) is 0 Å². The number of anilines is 3. The van der Waals surface area contributed by atoms with Gasteiger partial charge in [-0.15, -0.1) is 0 Å². The molecule has 0 radical (unpaired) electrons. The van der Waals surface area contributed by atoms with Crippen molar-refractivity contribution in [1.82, 2.24) is 9.97 Å². The van der Waals surface area contributed by atoms with E-state index in [0.29, 0.717) is 5.95 Å². The summed E-state index contributed by atoms with van der Waals surface area (Å²) in [6.07, 6.45) is 0. The average molecular weight is 332 g/mol. The minimum atomic E-state index is -0.116. The third-order valence-corrected chi connectivity index (χ3v) is 3.69. The molecule has 0 amide bonds. The van der Waals surface area contributed by atoms with Gasteiger partial charge in [0.15, 0.2) is 0 Å². The maximum atomic E-state index is 4.69. The van der Waals surface area contributed by atoms with E-state index in [-0.39, 0.29) is 5.54 Å². The van der Waals surface area contributed by atoms with Crippen LogP contribution in [0.3, 0.4) is 0 Å². The first-order chi connectivity index (χ1) is 11.9. The lowest BCUT2D eigenvalue weighted by molar-refractivity contribution is 0.626. The van der Waals surface area contributed by atoms with Gasteiger partial charge in [-0.05, 0) is 39.3 Å². The van der Waals surface area contributed by atoms with Gasteiger partial charge in [0.05, 0.1) is 5.69 Å². The molecule has 0 spiro atoms. The molecule has 3 aromatic rings. The molecule has 128 valence electrons. The number of hydrogen-bond acceptors (Lipinski definition) is 4. The number of aromatic nitrogens is 2. The summed E-state index contributed by atoms with van der Waals surface area (Å²) in [4.78, 5) is 9.34. The molecule has 0 atom stereocenters. The molecule has 1 aromatic heterocycles. The molecule has 0 aliphatic rings.